The second-order valence-corrected chi connectivity index (χ2v) is 7.62. The molecule has 0 unspecified atom stereocenters. The van der Waals surface area contributed by atoms with Crippen LogP contribution in [0.3, 0.4) is 0 Å². The lowest BCUT2D eigenvalue weighted by atomic mass is 10.1. The van der Waals surface area contributed by atoms with Crippen LogP contribution in [0.2, 0.25) is 0 Å². The number of nitrogens with one attached hydrogen (secondary N) is 2. The van der Waals surface area contributed by atoms with Crippen LogP contribution in [0.5, 0.6) is 0 Å². The first-order chi connectivity index (χ1) is 15.0. The Labute approximate surface area is 179 Å². The van der Waals surface area contributed by atoms with Crippen LogP contribution in [-0.4, -0.2) is 17.9 Å². The van der Waals surface area contributed by atoms with Gasteiger partial charge in [0.15, 0.2) is 0 Å². The summed E-state index contributed by atoms with van der Waals surface area (Å²) in [4.78, 5) is 25.2. The van der Waals surface area contributed by atoms with Crippen LogP contribution < -0.4 is 10.6 Å². The Bertz CT molecular complexity index is 1200. The van der Waals surface area contributed by atoms with Gasteiger partial charge in [0, 0.05) is 23.2 Å². The summed E-state index contributed by atoms with van der Waals surface area (Å²) in [5, 5.41) is 14.5. The molecule has 0 radical (unpaired) electrons. The Morgan fingerprint density at radius 1 is 1.03 bits per heavy atom. The second kappa shape index (κ2) is 8.41. The molecular formula is C25H20FN3O2. The van der Waals surface area contributed by atoms with E-state index in [4.69, 9.17) is 5.26 Å². The number of hydrogen-bond acceptors (Lipinski definition) is 3. The van der Waals surface area contributed by atoms with Gasteiger partial charge in [-0.1, -0.05) is 36.4 Å². The lowest BCUT2D eigenvalue weighted by Gasteiger charge is -2.12. The average molecular weight is 413 g/mol. The molecule has 1 aliphatic rings. The SMILES string of the molecule is Cc1ccc(C(=O)N[C@@H]2C[C@H]2c2ccccc2)cc1NC(=O)c1ccc(C#N)cc1F. The van der Waals surface area contributed by atoms with Crippen LogP contribution in [0.15, 0.2) is 66.7 Å². The number of halogens is 1. The fourth-order valence-corrected chi connectivity index (χ4v) is 3.53. The van der Waals surface area contributed by atoms with Gasteiger partial charge in [0.1, 0.15) is 5.82 Å². The monoisotopic (exact) mass is 413 g/mol. The molecule has 3 aromatic rings. The van der Waals surface area contributed by atoms with E-state index in [0.29, 0.717) is 17.2 Å². The number of carbonyl (C=O) groups is 2. The summed E-state index contributed by atoms with van der Waals surface area (Å²) in [5.41, 5.74) is 2.76. The van der Waals surface area contributed by atoms with E-state index in [1.807, 2.05) is 24.3 Å². The highest BCUT2D eigenvalue weighted by atomic mass is 19.1. The van der Waals surface area contributed by atoms with Gasteiger partial charge < -0.3 is 10.6 Å². The van der Waals surface area contributed by atoms with E-state index in [1.54, 1.807) is 25.1 Å². The predicted molar refractivity (Wildman–Crippen MR) is 115 cm³/mol. The van der Waals surface area contributed by atoms with Crippen molar-refractivity contribution in [2.24, 2.45) is 0 Å². The number of benzene rings is 3. The normalized spacial score (nSPS) is 16.8. The Hall–Kier alpha value is -3.98. The van der Waals surface area contributed by atoms with Crippen LogP contribution in [0.25, 0.3) is 0 Å². The van der Waals surface area contributed by atoms with Gasteiger partial charge in [0.25, 0.3) is 11.8 Å². The molecule has 6 heteroatoms. The number of anilines is 1. The molecule has 0 saturated heterocycles. The summed E-state index contributed by atoms with van der Waals surface area (Å²) in [7, 11) is 0. The summed E-state index contributed by atoms with van der Waals surface area (Å²) in [5.74, 6) is -1.32. The largest absolute Gasteiger partial charge is 0.349 e. The molecule has 3 aromatic carbocycles. The van der Waals surface area contributed by atoms with Crippen LogP contribution in [0.4, 0.5) is 10.1 Å². The minimum Gasteiger partial charge on any atom is -0.349 e. The van der Waals surface area contributed by atoms with Crippen molar-refractivity contribution in [2.45, 2.75) is 25.3 Å². The van der Waals surface area contributed by atoms with Crippen molar-refractivity contribution in [3.05, 3.63) is 100 Å². The van der Waals surface area contributed by atoms with Gasteiger partial charge in [-0.05, 0) is 54.8 Å². The maximum Gasteiger partial charge on any atom is 0.258 e. The molecule has 0 spiro atoms. The summed E-state index contributed by atoms with van der Waals surface area (Å²) in [6.45, 7) is 1.79. The molecule has 0 aromatic heterocycles. The molecule has 2 N–H and O–H groups in total. The minimum absolute atomic E-state index is 0.0852. The summed E-state index contributed by atoms with van der Waals surface area (Å²) in [6, 6.07) is 20.6. The van der Waals surface area contributed by atoms with Gasteiger partial charge in [0.05, 0.1) is 17.2 Å². The van der Waals surface area contributed by atoms with Crippen LogP contribution in [0, 0.1) is 24.1 Å². The van der Waals surface area contributed by atoms with Crippen LogP contribution in [0.1, 0.15) is 49.7 Å². The molecule has 5 nitrogen and oxygen atoms in total. The molecular weight excluding hydrogens is 393 g/mol. The highest BCUT2D eigenvalue weighted by molar-refractivity contribution is 6.05. The maximum atomic E-state index is 14.1. The average Bonchev–Trinajstić information content (AvgIpc) is 3.54. The zero-order valence-corrected chi connectivity index (χ0v) is 16.9. The molecule has 2 amide bonds. The Kier molecular flexibility index (Phi) is 5.50. The van der Waals surface area contributed by atoms with Gasteiger partial charge >= 0.3 is 0 Å². The third-order valence-corrected chi connectivity index (χ3v) is 5.43. The molecule has 0 bridgehead atoms. The zero-order valence-electron chi connectivity index (χ0n) is 16.9. The Balaban J connectivity index is 1.45. The minimum atomic E-state index is -0.774. The zero-order chi connectivity index (χ0) is 22.0. The van der Waals surface area contributed by atoms with E-state index in [-0.39, 0.29) is 23.1 Å². The molecule has 154 valence electrons. The first-order valence-electron chi connectivity index (χ1n) is 9.93. The van der Waals surface area contributed by atoms with Crippen molar-refractivity contribution in [3.8, 4) is 6.07 Å². The third kappa shape index (κ3) is 4.46. The second-order valence-electron chi connectivity index (χ2n) is 7.62. The van der Waals surface area contributed by atoms with Crippen LogP contribution in [-0.2, 0) is 0 Å². The number of rotatable bonds is 5. The topological polar surface area (TPSA) is 82.0 Å². The van der Waals surface area contributed by atoms with Crippen molar-refractivity contribution in [2.75, 3.05) is 5.32 Å². The van der Waals surface area contributed by atoms with Gasteiger partial charge in [-0.15, -0.1) is 0 Å². The Morgan fingerprint density at radius 3 is 2.52 bits per heavy atom. The molecule has 0 heterocycles. The number of carbonyl (C=O) groups excluding carboxylic acids is 2. The number of nitriles is 1. The third-order valence-electron chi connectivity index (χ3n) is 5.43. The van der Waals surface area contributed by atoms with Crippen molar-refractivity contribution in [1.29, 1.82) is 5.26 Å². The van der Waals surface area contributed by atoms with E-state index in [2.05, 4.69) is 22.8 Å². The molecule has 1 saturated carbocycles. The molecule has 0 aliphatic heterocycles. The first-order valence-corrected chi connectivity index (χ1v) is 9.93. The number of nitrogens with zero attached hydrogens (tertiary/aromatic N) is 1. The van der Waals surface area contributed by atoms with Crippen molar-refractivity contribution in [3.63, 3.8) is 0 Å². The van der Waals surface area contributed by atoms with Gasteiger partial charge in [-0.25, -0.2) is 4.39 Å². The quantitative estimate of drug-likeness (QED) is 0.644. The Morgan fingerprint density at radius 2 is 1.81 bits per heavy atom. The van der Waals surface area contributed by atoms with E-state index in [1.165, 1.54) is 17.7 Å². The smallest absolute Gasteiger partial charge is 0.258 e. The van der Waals surface area contributed by atoms with Gasteiger partial charge in [0.2, 0.25) is 0 Å². The lowest BCUT2D eigenvalue weighted by molar-refractivity contribution is 0.0948. The van der Waals surface area contributed by atoms with Crippen molar-refractivity contribution < 1.29 is 14.0 Å². The summed E-state index contributed by atoms with van der Waals surface area (Å²) < 4.78 is 14.1. The molecule has 2 atom stereocenters. The standard InChI is InChI=1S/C25H20FN3O2/c1-15-7-9-18(24(30)29-23-13-20(23)17-5-3-2-4-6-17)12-22(15)28-25(31)19-10-8-16(14-27)11-21(19)26/h2-12,20,23H,13H2,1H3,(H,28,31)(H,29,30)/t20-,23+/m0/s1. The summed E-state index contributed by atoms with van der Waals surface area (Å²) >= 11 is 0. The van der Waals surface area contributed by atoms with E-state index in [9.17, 15) is 14.0 Å². The van der Waals surface area contributed by atoms with Crippen molar-refractivity contribution in [1.82, 2.24) is 5.32 Å². The lowest BCUT2D eigenvalue weighted by Crippen LogP contribution is -2.26. The predicted octanol–water partition coefficient (Wildman–Crippen LogP) is 4.54. The van der Waals surface area contributed by atoms with E-state index >= 15 is 0 Å². The number of amides is 2. The summed E-state index contributed by atoms with van der Waals surface area (Å²) in [6.07, 6.45) is 0.892. The molecule has 1 fully saturated rings. The molecule has 1 aliphatic carbocycles. The van der Waals surface area contributed by atoms with E-state index < -0.39 is 11.7 Å². The molecule has 4 rings (SSSR count). The first kappa shape index (κ1) is 20.3. The maximum absolute atomic E-state index is 14.1. The van der Waals surface area contributed by atoms with E-state index in [0.717, 1.165) is 18.1 Å². The molecule has 31 heavy (non-hydrogen) atoms. The highest BCUT2D eigenvalue weighted by Gasteiger charge is 2.39. The number of hydrogen-bond donors (Lipinski definition) is 2. The van der Waals surface area contributed by atoms with Crippen LogP contribution >= 0.6 is 0 Å². The van der Waals surface area contributed by atoms with Crippen molar-refractivity contribution >= 4 is 17.5 Å². The fraction of sp³-hybridized carbons (Fsp3) is 0.160. The number of aryl methyl sites for hydroxylation is 1. The highest BCUT2D eigenvalue weighted by Crippen LogP contribution is 2.40. The van der Waals surface area contributed by atoms with Gasteiger partial charge in [-0.2, -0.15) is 5.26 Å². The fourth-order valence-electron chi connectivity index (χ4n) is 3.53. The van der Waals surface area contributed by atoms with Gasteiger partial charge in [-0.3, -0.25) is 9.59 Å².